The second kappa shape index (κ2) is 7.54. The molecule has 2 fully saturated rings. The second-order valence-corrected chi connectivity index (χ2v) is 7.03. The van der Waals surface area contributed by atoms with Gasteiger partial charge in [-0.1, -0.05) is 6.42 Å². The fraction of sp³-hybridized carbons (Fsp3) is 0.684. The Labute approximate surface area is 139 Å². The van der Waals surface area contributed by atoms with Crippen LogP contribution < -0.4 is 9.47 Å². The third-order valence-corrected chi connectivity index (χ3v) is 5.49. The molecule has 4 nitrogen and oxygen atoms in total. The van der Waals surface area contributed by atoms with E-state index in [4.69, 9.17) is 9.47 Å². The Kier molecular flexibility index (Phi) is 5.44. The highest BCUT2D eigenvalue weighted by molar-refractivity contribution is 5.31. The lowest BCUT2D eigenvalue weighted by Gasteiger charge is -2.42. The lowest BCUT2D eigenvalue weighted by atomic mass is 9.76. The van der Waals surface area contributed by atoms with Gasteiger partial charge in [0.1, 0.15) is 11.5 Å². The SMILES string of the molecule is COc1ccc(OCCCN2CCC[C@]3(CCC[C@H]3O)C2)cc1. The molecular formula is C19H29NO3. The molecule has 0 radical (unpaired) electrons. The van der Waals surface area contributed by atoms with Crippen molar-refractivity contribution < 1.29 is 14.6 Å². The van der Waals surface area contributed by atoms with Gasteiger partial charge in [0.2, 0.25) is 0 Å². The van der Waals surface area contributed by atoms with Crippen LogP contribution in [0.1, 0.15) is 38.5 Å². The number of ether oxygens (including phenoxy) is 2. The van der Waals surface area contributed by atoms with E-state index in [1.165, 1.54) is 25.7 Å². The molecule has 1 spiro atoms. The quantitative estimate of drug-likeness (QED) is 0.818. The van der Waals surface area contributed by atoms with Crippen molar-refractivity contribution >= 4 is 0 Å². The summed E-state index contributed by atoms with van der Waals surface area (Å²) in [6.45, 7) is 4.02. The summed E-state index contributed by atoms with van der Waals surface area (Å²) in [5.41, 5.74) is 0.190. The number of hydrogen-bond donors (Lipinski definition) is 1. The minimum Gasteiger partial charge on any atom is -0.497 e. The third kappa shape index (κ3) is 3.99. The topological polar surface area (TPSA) is 41.9 Å². The van der Waals surface area contributed by atoms with Gasteiger partial charge >= 0.3 is 0 Å². The molecule has 23 heavy (non-hydrogen) atoms. The number of rotatable bonds is 6. The van der Waals surface area contributed by atoms with Crippen molar-refractivity contribution in [3.8, 4) is 11.5 Å². The first-order chi connectivity index (χ1) is 11.2. The van der Waals surface area contributed by atoms with Gasteiger partial charge in [-0.3, -0.25) is 0 Å². The number of aliphatic hydroxyl groups excluding tert-OH is 1. The van der Waals surface area contributed by atoms with Gasteiger partial charge in [0.25, 0.3) is 0 Å². The Morgan fingerprint density at radius 2 is 1.91 bits per heavy atom. The minimum absolute atomic E-state index is 0.0825. The summed E-state index contributed by atoms with van der Waals surface area (Å²) in [6.07, 6.45) is 6.75. The molecule has 128 valence electrons. The van der Waals surface area contributed by atoms with Crippen LogP contribution in [0, 0.1) is 5.41 Å². The average molecular weight is 319 g/mol. The van der Waals surface area contributed by atoms with E-state index in [9.17, 15) is 5.11 Å². The summed E-state index contributed by atoms with van der Waals surface area (Å²) in [5, 5.41) is 10.3. The van der Waals surface area contributed by atoms with E-state index < -0.39 is 0 Å². The van der Waals surface area contributed by atoms with Gasteiger partial charge in [0.15, 0.2) is 0 Å². The van der Waals surface area contributed by atoms with Crippen LogP contribution in [-0.4, -0.2) is 49.5 Å². The van der Waals surface area contributed by atoms with Crippen LogP contribution in [-0.2, 0) is 0 Å². The van der Waals surface area contributed by atoms with Crippen molar-refractivity contribution in [2.45, 2.75) is 44.6 Å². The van der Waals surface area contributed by atoms with Gasteiger partial charge in [-0.15, -0.1) is 0 Å². The van der Waals surface area contributed by atoms with Crippen molar-refractivity contribution in [3.05, 3.63) is 24.3 Å². The molecule has 2 atom stereocenters. The van der Waals surface area contributed by atoms with Gasteiger partial charge in [0, 0.05) is 18.5 Å². The van der Waals surface area contributed by atoms with Gasteiger partial charge in [0.05, 0.1) is 19.8 Å². The van der Waals surface area contributed by atoms with Crippen LogP contribution in [0.25, 0.3) is 0 Å². The summed E-state index contributed by atoms with van der Waals surface area (Å²) < 4.78 is 10.9. The Hall–Kier alpha value is -1.26. The zero-order chi connectivity index (χ0) is 16.1. The van der Waals surface area contributed by atoms with E-state index >= 15 is 0 Å². The second-order valence-electron chi connectivity index (χ2n) is 7.03. The van der Waals surface area contributed by atoms with Crippen LogP contribution in [0.5, 0.6) is 11.5 Å². The van der Waals surface area contributed by atoms with Crippen molar-refractivity contribution in [1.82, 2.24) is 4.90 Å². The van der Waals surface area contributed by atoms with Crippen LogP contribution in [0.4, 0.5) is 0 Å². The maximum absolute atomic E-state index is 10.3. The predicted octanol–water partition coefficient (Wildman–Crippen LogP) is 3.09. The maximum Gasteiger partial charge on any atom is 0.119 e. The highest BCUT2D eigenvalue weighted by Gasteiger charge is 2.44. The van der Waals surface area contributed by atoms with Crippen molar-refractivity contribution in [2.24, 2.45) is 5.41 Å². The summed E-state index contributed by atoms with van der Waals surface area (Å²) in [4.78, 5) is 2.52. The molecule has 3 rings (SSSR count). The number of nitrogens with zero attached hydrogens (tertiary/aromatic N) is 1. The summed E-state index contributed by atoms with van der Waals surface area (Å²) in [5.74, 6) is 1.75. The molecule has 1 saturated carbocycles. The largest absolute Gasteiger partial charge is 0.497 e. The monoisotopic (exact) mass is 319 g/mol. The molecule has 0 unspecified atom stereocenters. The molecule has 0 bridgehead atoms. The average Bonchev–Trinajstić information content (AvgIpc) is 2.92. The van der Waals surface area contributed by atoms with E-state index in [1.54, 1.807) is 7.11 Å². The van der Waals surface area contributed by atoms with E-state index in [2.05, 4.69) is 4.90 Å². The molecule has 1 aromatic rings. The van der Waals surface area contributed by atoms with Gasteiger partial charge in [-0.05, 0) is 62.9 Å². The lowest BCUT2D eigenvalue weighted by Crippen LogP contribution is -2.47. The highest BCUT2D eigenvalue weighted by atomic mass is 16.5. The number of piperidine rings is 1. The molecule has 0 amide bonds. The standard InChI is InChI=1S/C19H29NO3/c1-22-16-6-8-17(9-7-16)23-14-4-13-20-12-3-11-19(15-20)10-2-5-18(19)21/h6-9,18,21H,2-5,10-15H2,1H3/t18-,19-/m1/s1. The predicted molar refractivity (Wildman–Crippen MR) is 91.1 cm³/mol. The van der Waals surface area contributed by atoms with E-state index in [0.717, 1.165) is 50.6 Å². The van der Waals surface area contributed by atoms with Crippen LogP contribution >= 0.6 is 0 Å². The van der Waals surface area contributed by atoms with E-state index in [1.807, 2.05) is 24.3 Å². The zero-order valence-electron chi connectivity index (χ0n) is 14.2. The molecule has 1 aliphatic carbocycles. The fourth-order valence-electron chi connectivity index (χ4n) is 4.20. The van der Waals surface area contributed by atoms with E-state index in [-0.39, 0.29) is 11.5 Å². The molecule has 1 aromatic carbocycles. The first-order valence-corrected chi connectivity index (χ1v) is 8.89. The molecule has 2 aliphatic rings. The third-order valence-electron chi connectivity index (χ3n) is 5.49. The van der Waals surface area contributed by atoms with Gasteiger partial charge in [-0.25, -0.2) is 0 Å². The van der Waals surface area contributed by atoms with Crippen molar-refractivity contribution in [2.75, 3.05) is 33.4 Å². The molecular weight excluding hydrogens is 290 g/mol. The molecule has 0 aromatic heterocycles. The van der Waals surface area contributed by atoms with Crippen LogP contribution in [0.2, 0.25) is 0 Å². The van der Waals surface area contributed by atoms with Crippen molar-refractivity contribution in [1.29, 1.82) is 0 Å². The smallest absolute Gasteiger partial charge is 0.119 e. The first kappa shape index (κ1) is 16.6. The maximum atomic E-state index is 10.3. The van der Waals surface area contributed by atoms with E-state index in [0.29, 0.717) is 0 Å². The van der Waals surface area contributed by atoms with Gasteiger partial charge in [-0.2, -0.15) is 0 Å². The number of methoxy groups -OCH3 is 1. The molecule has 1 saturated heterocycles. The molecule has 1 N–H and O–H groups in total. The first-order valence-electron chi connectivity index (χ1n) is 8.89. The molecule has 1 aliphatic heterocycles. The lowest BCUT2D eigenvalue weighted by molar-refractivity contribution is -0.0104. The molecule has 4 heteroatoms. The molecule has 1 heterocycles. The Morgan fingerprint density at radius 3 is 2.61 bits per heavy atom. The Morgan fingerprint density at radius 1 is 1.17 bits per heavy atom. The highest BCUT2D eigenvalue weighted by Crippen LogP contribution is 2.44. The minimum atomic E-state index is -0.0825. The van der Waals surface area contributed by atoms with Crippen molar-refractivity contribution in [3.63, 3.8) is 0 Å². The number of benzene rings is 1. The number of likely N-dealkylation sites (tertiary alicyclic amines) is 1. The summed E-state index contributed by atoms with van der Waals surface area (Å²) in [6, 6.07) is 7.74. The Balaban J connectivity index is 1.40. The van der Waals surface area contributed by atoms with Crippen LogP contribution in [0.15, 0.2) is 24.3 Å². The number of hydrogen-bond acceptors (Lipinski definition) is 4. The zero-order valence-corrected chi connectivity index (χ0v) is 14.2. The Bertz CT molecular complexity index is 490. The number of aliphatic hydroxyl groups is 1. The fourth-order valence-corrected chi connectivity index (χ4v) is 4.20. The van der Waals surface area contributed by atoms with Crippen LogP contribution in [0.3, 0.4) is 0 Å². The normalized spacial score (nSPS) is 28.2. The summed E-state index contributed by atoms with van der Waals surface area (Å²) >= 11 is 0. The van der Waals surface area contributed by atoms with Gasteiger partial charge < -0.3 is 19.5 Å². The summed E-state index contributed by atoms with van der Waals surface area (Å²) in [7, 11) is 1.67.